The summed E-state index contributed by atoms with van der Waals surface area (Å²) in [5.41, 5.74) is 8.29. The van der Waals surface area contributed by atoms with Crippen molar-refractivity contribution in [2.75, 3.05) is 0 Å². The van der Waals surface area contributed by atoms with Crippen LogP contribution >= 0.6 is 12.2 Å². The van der Waals surface area contributed by atoms with Gasteiger partial charge in [-0.05, 0) is 43.7 Å². The molecule has 0 unspecified atom stereocenters. The maximum Gasteiger partial charge on any atom is 0.229 e. The Labute approximate surface area is 112 Å². The summed E-state index contributed by atoms with van der Waals surface area (Å²) in [5.74, 6) is 1.18. The number of thiocarbonyl (C=S) groups is 1. The van der Waals surface area contributed by atoms with Gasteiger partial charge in [-0.2, -0.15) is 0 Å². The molecule has 18 heavy (non-hydrogen) atoms. The van der Waals surface area contributed by atoms with E-state index in [-0.39, 0.29) is 4.99 Å². The summed E-state index contributed by atoms with van der Waals surface area (Å²) in [6.45, 7) is 3.90. The third-order valence-corrected chi connectivity index (χ3v) is 2.69. The number of aromatic nitrogens is 1. The molecule has 0 saturated heterocycles. The molecule has 92 valence electrons. The molecule has 0 aliphatic heterocycles. The number of hydrogen-bond donors (Lipinski definition) is 1. The fourth-order valence-electron chi connectivity index (χ4n) is 1.59. The number of benzene rings is 1. The zero-order valence-electron chi connectivity index (χ0n) is 10.3. The fourth-order valence-corrected chi connectivity index (χ4v) is 1.74. The molecule has 0 radical (unpaired) electrons. The number of ether oxygens (including phenoxy) is 1. The van der Waals surface area contributed by atoms with Gasteiger partial charge in [0.25, 0.3) is 0 Å². The van der Waals surface area contributed by atoms with Gasteiger partial charge in [-0.25, -0.2) is 4.98 Å². The molecule has 1 heterocycles. The third-order valence-electron chi connectivity index (χ3n) is 2.47. The van der Waals surface area contributed by atoms with Crippen molar-refractivity contribution < 1.29 is 4.74 Å². The van der Waals surface area contributed by atoms with E-state index in [1.165, 1.54) is 0 Å². The number of pyridine rings is 1. The van der Waals surface area contributed by atoms with Gasteiger partial charge < -0.3 is 10.5 Å². The van der Waals surface area contributed by atoms with Crippen LogP contribution in [0.4, 0.5) is 0 Å². The number of aryl methyl sites for hydroxylation is 2. The average molecular weight is 258 g/mol. The summed E-state index contributed by atoms with van der Waals surface area (Å²) in [5, 5.41) is 0. The molecule has 0 aliphatic carbocycles. The highest BCUT2D eigenvalue weighted by Gasteiger charge is 2.09. The second kappa shape index (κ2) is 5.14. The lowest BCUT2D eigenvalue weighted by Crippen LogP contribution is -2.12. The van der Waals surface area contributed by atoms with Crippen LogP contribution in [-0.4, -0.2) is 9.97 Å². The average Bonchev–Trinajstić information content (AvgIpc) is 2.28. The minimum absolute atomic E-state index is 0.283. The summed E-state index contributed by atoms with van der Waals surface area (Å²) >= 11 is 4.99. The molecule has 0 spiro atoms. The predicted molar refractivity (Wildman–Crippen MR) is 76.1 cm³/mol. The molecule has 3 nitrogen and oxygen atoms in total. The van der Waals surface area contributed by atoms with Gasteiger partial charge in [0, 0.05) is 5.69 Å². The van der Waals surface area contributed by atoms with E-state index in [4.69, 9.17) is 22.7 Å². The van der Waals surface area contributed by atoms with Crippen LogP contribution in [-0.2, 0) is 0 Å². The van der Waals surface area contributed by atoms with Gasteiger partial charge in [0.2, 0.25) is 5.88 Å². The van der Waals surface area contributed by atoms with Crippen molar-refractivity contribution in [3.8, 4) is 11.6 Å². The lowest BCUT2D eigenvalue weighted by Gasteiger charge is -2.10. The van der Waals surface area contributed by atoms with Crippen molar-refractivity contribution >= 4 is 17.2 Å². The monoisotopic (exact) mass is 258 g/mol. The molecule has 1 aromatic carbocycles. The molecule has 0 bridgehead atoms. The molecule has 1 aromatic heterocycles. The van der Waals surface area contributed by atoms with E-state index in [9.17, 15) is 0 Å². The van der Waals surface area contributed by atoms with Crippen LogP contribution in [0, 0.1) is 13.8 Å². The third kappa shape index (κ3) is 2.84. The van der Waals surface area contributed by atoms with E-state index in [0.717, 1.165) is 17.0 Å². The first-order valence-electron chi connectivity index (χ1n) is 5.58. The van der Waals surface area contributed by atoms with Crippen LogP contribution in [0.5, 0.6) is 11.6 Å². The minimum atomic E-state index is 0.283. The van der Waals surface area contributed by atoms with E-state index in [1.54, 1.807) is 0 Å². The smallest absolute Gasteiger partial charge is 0.229 e. The molecule has 0 atom stereocenters. The molecule has 0 amide bonds. The standard InChI is InChI=1S/C14H14N2OS/c1-9-4-3-5-11(8-9)17-14-12(13(15)18)7-6-10(2)16-14/h3-8H,1-2H3,(H2,15,18). The first-order chi connectivity index (χ1) is 8.56. The first-order valence-corrected chi connectivity index (χ1v) is 5.99. The molecule has 2 N–H and O–H groups in total. The van der Waals surface area contributed by atoms with Crippen molar-refractivity contribution in [2.24, 2.45) is 5.73 Å². The topological polar surface area (TPSA) is 48.1 Å². The molecular weight excluding hydrogens is 244 g/mol. The Hall–Kier alpha value is -1.94. The van der Waals surface area contributed by atoms with Crippen molar-refractivity contribution in [1.29, 1.82) is 0 Å². The molecule has 0 saturated carbocycles. The summed E-state index contributed by atoms with van der Waals surface area (Å²) < 4.78 is 5.75. The van der Waals surface area contributed by atoms with Crippen LogP contribution in [0.25, 0.3) is 0 Å². The highest BCUT2D eigenvalue weighted by Crippen LogP contribution is 2.24. The Morgan fingerprint density at radius 1 is 1.22 bits per heavy atom. The Balaban J connectivity index is 2.39. The van der Waals surface area contributed by atoms with E-state index in [2.05, 4.69) is 4.98 Å². The summed E-state index contributed by atoms with van der Waals surface area (Å²) in [4.78, 5) is 4.61. The first kappa shape index (κ1) is 12.5. The second-order valence-electron chi connectivity index (χ2n) is 4.09. The van der Waals surface area contributed by atoms with Crippen LogP contribution in [0.15, 0.2) is 36.4 Å². The number of nitrogens with zero attached hydrogens (tertiary/aromatic N) is 1. The van der Waals surface area contributed by atoms with Crippen molar-refractivity contribution in [3.63, 3.8) is 0 Å². The van der Waals surface area contributed by atoms with Crippen molar-refractivity contribution in [2.45, 2.75) is 13.8 Å². The molecule has 0 fully saturated rings. The normalized spacial score (nSPS) is 10.1. The zero-order valence-corrected chi connectivity index (χ0v) is 11.1. The largest absolute Gasteiger partial charge is 0.438 e. The Morgan fingerprint density at radius 3 is 2.67 bits per heavy atom. The number of hydrogen-bond acceptors (Lipinski definition) is 3. The van der Waals surface area contributed by atoms with Gasteiger partial charge in [-0.1, -0.05) is 24.4 Å². The number of nitrogens with two attached hydrogens (primary N) is 1. The van der Waals surface area contributed by atoms with Gasteiger partial charge in [0.1, 0.15) is 10.7 Å². The van der Waals surface area contributed by atoms with E-state index < -0.39 is 0 Å². The van der Waals surface area contributed by atoms with Crippen LogP contribution in [0.2, 0.25) is 0 Å². The van der Waals surface area contributed by atoms with E-state index >= 15 is 0 Å². The number of rotatable bonds is 3. The Kier molecular flexibility index (Phi) is 3.58. The van der Waals surface area contributed by atoms with Gasteiger partial charge in [0.15, 0.2) is 0 Å². The van der Waals surface area contributed by atoms with Gasteiger partial charge in [0.05, 0.1) is 5.56 Å². The van der Waals surface area contributed by atoms with Crippen LogP contribution in [0.3, 0.4) is 0 Å². The predicted octanol–water partition coefficient (Wildman–Crippen LogP) is 3.12. The second-order valence-corrected chi connectivity index (χ2v) is 4.53. The molecular formula is C14H14N2OS. The van der Waals surface area contributed by atoms with Crippen LogP contribution in [0.1, 0.15) is 16.8 Å². The summed E-state index contributed by atoms with van der Waals surface area (Å²) in [6, 6.07) is 11.4. The molecule has 2 rings (SSSR count). The quantitative estimate of drug-likeness (QED) is 0.859. The maximum absolute atomic E-state index is 5.75. The van der Waals surface area contributed by atoms with E-state index in [0.29, 0.717) is 11.4 Å². The Bertz CT molecular complexity index is 596. The molecule has 4 heteroatoms. The van der Waals surface area contributed by atoms with Gasteiger partial charge in [-0.3, -0.25) is 0 Å². The summed E-state index contributed by atoms with van der Waals surface area (Å²) in [7, 11) is 0. The van der Waals surface area contributed by atoms with Gasteiger partial charge in [-0.15, -0.1) is 0 Å². The maximum atomic E-state index is 5.75. The fraction of sp³-hybridized carbons (Fsp3) is 0.143. The SMILES string of the molecule is Cc1cccc(Oc2nc(C)ccc2C(N)=S)c1. The minimum Gasteiger partial charge on any atom is -0.438 e. The summed E-state index contributed by atoms with van der Waals surface area (Å²) in [6.07, 6.45) is 0. The molecule has 0 aliphatic rings. The lowest BCUT2D eigenvalue weighted by atomic mass is 10.2. The van der Waals surface area contributed by atoms with Gasteiger partial charge >= 0.3 is 0 Å². The van der Waals surface area contributed by atoms with Crippen molar-refractivity contribution in [3.05, 3.63) is 53.2 Å². The molecule has 2 aromatic rings. The highest BCUT2D eigenvalue weighted by atomic mass is 32.1. The lowest BCUT2D eigenvalue weighted by molar-refractivity contribution is 0.460. The Morgan fingerprint density at radius 2 is 2.00 bits per heavy atom. The highest BCUT2D eigenvalue weighted by molar-refractivity contribution is 7.80. The van der Waals surface area contributed by atoms with Crippen LogP contribution < -0.4 is 10.5 Å². The van der Waals surface area contributed by atoms with E-state index in [1.807, 2.05) is 50.2 Å². The van der Waals surface area contributed by atoms with Crippen molar-refractivity contribution in [1.82, 2.24) is 4.98 Å². The zero-order chi connectivity index (χ0) is 13.1.